The van der Waals surface area contributed by atoms with Gasteiger partial charge in [0.25, 0.3) is 0 Å². The number of ether oxygens (including phenoxy) is 1. The van der Waals surface area contributed by atoms with Crippen molar-refractivity contribution in [3.63, 3.8) is 0 Å². The first kappa shape index (κ1) is 22.7. The first-order valence-corrected chi connectivity index (χ1v) is 12.4. The largest absolute Gasteiger partial charge is 0.378 e. The molecule has 1 aromatic carbocycles. The third-order valence-corrected chi connectivity index (χ3v) is 8.02. The highest BCUT2D eigenvalue weighted by atomic mass is 32.2. The molecule has 1 aromatic heterocycles. The SMILES string of the molecule is Cc1ccc(/C=C/c2onc(C)c2S(=O)(=O)N2CCC[C@@H](C(=O)N3CCOCC3)C2)cc1. The van der Waals surface area contributed by atoms with Gasteiger partial charge in [-0.25, -0.2) is 8.42 Å². The van der Waals surface area contributed by atoms with Crippen molar-refractivity contribution in [2.24, 2.45) is 5.92 Å². The van der Waals surface area contributed by atoms with Crippen LogP contribution < -0.4 is 0 Å². The lowest BCUT2D eigenvalue weighted by Crippen LogP contribution is -2.49. The molecular formula is C23H29N3O5S. The summed E-state index contributed by atoms with van der Waals surface area (Å²) in [4.78, 5) is 14.8. The first-order valence-electron chi connectivity index (χ1n) is 10.9. The topological polar surface area (TPSA) is 93.0 Å². The fraction of sp³-hybridized carbons (Fsp3) is 0.478. The summed E-state index contributed by atoms with van der Waals surface area (Å²) in [6.07, 6.45) is 4.76. The van der Waals surface area contributed by atoms with Crippen LogP contribution in [0, 0.1) is 19.8 Å². The van der Waals surface area contributed by atoms with Gasteiger partial charge in [-0.2, -0.15) is 4.31 Å². The number of hydrogen-bond donors (Lipinski definition) is 0. The zero-order valence-electron chi connectivity index (χ0n) is 18.5. The van der Waals surface area contributed by atoms with Gasteiger partial charge in [0.2, 0.25) is 15.9 Å². The van der Waals surface area contributed by atoms with E-state index in [1.165, 1.54) is 4.31 Å². The summed E-state index contributed by atoms with van der Waals surface area (Å²) in [5.74, 6) is -0.136. The lowest BCUT2D eigenvalue weighted by atomic mass is 9.98. The Labute approximate surface area is 188 Å². The van der Waals surface area contributed by atoms with Gasteiger partial charge < -0.3 is 14.2 Å². The van der Waals surface area contributed by atoms with Crippen LogP contribution in [-0.2, 0) is 19.6 Å². The molecule has 4 rings (SSSR count). The highest BCUT2D eigenvalue weighted by Gasteiger charge is 2.38. The molecule has 2 aromatic rings. The van der Waals surface area contributed by atoms with Crippen molar-refractivity contribution < 1.29 is 22.5 Å². The standard InChI is InChI=1S/C23H29N3O5S/c1-17-5-7-19(8-6-17)9-10-21-22(18(2)24-31-21)32(28,29)26-11-3-4-20(16-26)23(27)25-12-14-30-15-13-25/h5-10,20H,3-4,11-16H2,1-2H3/b10-9+/t20-/m1/s1. The molecule has 2 fully saturated rings. The predicted octanol–water partition coefficient (Wildman–Crippen LogP) is 2.72. The fourth-order valence-corrected chi connectivity index (χ4v) is 5.96. The zero-order valence-corrected chi connectivity index (χ0v) is 19.3. The number of rotatable bonds is 5. The summed E-state index contributed by atoms with van der Waals surface area (Å²) in [6.45, 7) is 6.34. The Morgan fingerprint density at radius 1 is 1.09 bits per heavy atom. The number of carbonyl (C=O) groups is 1. The van der Waals surface area contributed by atoms with Crippen LogP contribution in [0.1, 0.15) is 35.4 Å². The molecule has 2 aliphatic rings. The molecule has 1 atom stereocenters. The van der Waals surface area contributed by atoms with Crippen molar-refractivity contribution in [1.29, 1.82) is 0 Å². The van der Waals surface area contributed by atoms with Crippen LogP contribution in [0.3, 0.4) is 0 Å². The van der Waals surface area contributed by atoms with E-state index in [-0.39, 0.29) is 29.0 Å². The molecule has 0 radical (unpaired) electrons. The Morgan fingerprint density at radius 2 is 1.81 bits per heavy atom. The van der Waals surface area contributed by atoms with Gasteiger partial charge in [0.1, 0.15) is 5.69 Å². The van der Waals surface area contributed by atoms with Gasteiger partial charge in [0.05, 0.1) is 19.1 Å². The van der Waals surface area contributed by atoms with Gasteiger partial charge in [-0.15, -0.1) is 0 Å². The van der Waals surface area contributed by atoms with E-state index in [9.17, 15) is 13.2 Å². The maximum atomic E-state index is 13.5. The Morgan fingerprint density at radius 3 is 2.53 bits per heavy atom. The highest BCUT2D eigenvalue weighted by molar-refractivity contribution is 7.89. The molecule has 0 spiro atoms. The Bertz CT molecular complexity index is 1090. The summed E-state index contributed by atoms with van der Waals surface area (Å²) in [6, 6.07) is 7.88. The molecular weight excluding hydrogens is 430 g/mol. The molecule has 0 N–H and O–H groups in total. The number of benzene rings is 1. The summed E-state index contributed by atoms with van der Waals surface area (Å²) < 4.78 is 39.2. The maximum absolute atomic E-state index is 13.5. The molecule has 0 saturated carbocycles. The van der Waals surface area contributed by atoms with Gasteiger partial charge in [-0.05, 0) is 38.3 Å². The third kappa shape index (κ3) is 4.79. The van der Waals surface area contributed by atoms with Crippen molar-refractivity contribution in [3.05, 3.63) is 46.8 Å². The van der Waals surface area contributed by atoms with E-state index in [1.807, 2.05) is 31.2 Å². The second-order valence-corrected chi connectivity index (χ2v) is 10.2. The minimum Gasteiger partial charge on any atom is -0.378 e. The van der Waals surface area contributed by atoms with Gasteiger partial charge >= 0.3 is 0 Å². The van der Waals surface area contributed by atoms with E-state index in [4.69, 9.17) is 9.26 Å². The lowest BCUT2D eigenvalue weighted by molar-refractivity contribution is -0.140. The number of carbonyl (C=O) groups excluding carboxylic acids is 1. The zero-order chi connectivity index (χ0) is 22.7. The molecule has 0 aliphatic carbocycles. The van der Waals surface area contributed by atoms with E-state index in [0.717, 1.165) is 11.1 Å². The number of morpholine rings is 1. The molecule has 9 heteroatoms. The van der Waals surface area contributed by atoms with Crippen molar-refractivity contribution in [2.75, 3.05) is 39.4 Å². The predicted molar refractivity (Wildman–Crippen MR) is 120 cm³/mol. The van der Waals surface area contributed by atoms with E-state index < -0.39 is 10.0 Å². The first-order chi connectivity index (χ1) is 15.4. The number of sulfonamides is 1. The number of aromatic nitrogens is 1. The average molecular weight is 460 g/mol. The van der Waals surface area contributed by atoms with Crippen LogP contribution in [-0.4, -0.2) is 68.1 Å². The minimum absolute atomic E-state index is 0.00901. The van der Waals surface area contributed by atoms with Gasteiger partial charge in [0, 0.05) is 26.2 Å². The second kappa shape index (κ2) is 9.56. The van der Waals surface area contributed by atoms with Crippen LogP contribution in [0.5, 0.6) is 0 Å². The number of nitrogens with zero attached hydrogens (tertiary/aromatic N) is 3. The minimum atomic E-state index is -3.86. The Balaban J connectivity index is 1.54. The summed E-state index contributed by atoms with van der Waals surface area (Å²) in [7, 11) is -3.86. The van der Waals surface area contributed by atoms with Crippen molar-refractivity contribution in [1.82, 2.24) is 14.4 Å². The van der Waals surface area contributed by atoms with Crippen LogP contribution in [0.15, 0.2) is 33.7 Å². The number of aryl methyl sites for hydroxylation is 2. The van der Waals surface area contributed by atoms with Crippen LogP contribution in [0.2, 0.25) is 0 Å². The van der Waals surface area contributed by atoms with E-state index in [1.54, 1.807) is 24.0 Å². The van der Waals surface area contributed by atoms with Crippen LogP contribution in [0.25, 0.3) is 12.2 Å². The number of hydrogen-bond acceptors (Lipinski definition) is 6. The maximum Gasteiger partial charge on any atom is 0.248 e. The summed E-state index contributed by atoms with van der Waals surface area (Å²) in [5.41, 5.74) is 2.39. The molecule has 172 valence electrons. The molecule has 2 saturated heterocycles. The average Bonchev–Trinajstić information content (AvgIpc) is 3.20. The van der Waals surface area contributed by atoms with Gasteiger partial charge in [-0.1, -0.05) is 41.1 Å². The monoisotopic (exact) mass is 459 g/mol. The quantitative estimate of drug-likeness (QED) is 0.683. The van der Waals surface area contributed by atoms with Gasteiger partial charge in [0.15, 0.2) is 10.7 Å². The fourth-order valence-electron chi connectivity index (χ4n) is 4.18. The normalized spacial score (nSPS) is 20.7. The Kier molecular flexibility index (Phi) is 6.78. The molecule has 0 bridgehead atoms. The van der Waals surface area contributed by atoms with Crippen molar-refractivity contribution in [3.8, 4) is 0 Å². The number of amides is 1. The molecule has 2 aliphatic heterocycles. The van der Waals surface area contributed by atoms with Gasteiger partial charge in [-0.3, -0.25) is 4.79 Å². The van der Waals surface area contributed by atoms with Crippen molar-refractivity contribution >= 4 is 28.1 Å². The third-order valence-electron chi connectivity index (χ3n) is 5.99. The van der Waals surface area contributed by atoms with Crippen LogP contribution in [0.4, 0.5) is 0 Å². The molecule has 0 unspecified atom stereocenters. The molecule has 32 heavy (non-hydrogen) atoms. The molecule has 3 heterocycles. The summed E-state index contributed by atoms with van der Waals surface area (Å²) in [5, 5.41) is 3.91. The van der Waals surface area contributed by atoms with E-state index >= 15 is 0 Å². The smallest absolute Gasteiger partial charge is 0.248 e. The lowest BCUT2D eigenvalue weighted by Gasteiger charge is -2.35. The summed E-state index contributed by atoms with van der Waals surface area (Å²) >= 11 is 0. The molecule has 1 amide bonds. The van der Waals surface area contributed by atoms with Crippen LogP contribution >= 0.6 is 0 Å². The number of piperidine rings is 1. The van der Waals surface area contributed by atoms with E-state index in [2.05, 4.69) is 5.16 Å². The van der Waals surface area contributed by atoms with E-state index in [0.29, 0.717) is 51.4 Å². The highest BCUT2D eigenvalue weighted by Crippen LogP contribution is 2.30. The molecule has 8 nitrogen and oxygen atoms in total. The Hall–Kier alpha value is -2.49. The van der Waals surface area contributed by atoms with Crippen molar-refractivity contribution in [2.45, 2.75) is 31.6 Å². The second-order valence-electron chi connectivity index (χ2n) is 8.35.